The van der Waals surface area contributed by atoms with Crippen LogP contribution >= 0.6 is 0 Å². The summed E-state index contributed by atoms with van der Waals surface area (Å²) in [6.45, 7) is 4.24. The molecule has 1 fully saturated rings. The third-order valence-corrected chi connectivity index (χ3v) is 3.76. The highest BCUT2D eigenvalue weighted by Gasteiger charge is 2.32. The van der Waals surface area contributed by atoms with Gasteiger partial charge in [-0.25, -0.2) is 0 Å². The smallest absolute Gasteiger partial charge is 0.241 e. The number of benzene rings is 1. The van der Waals surface area contributed by atoms with E-state index in [0.717, 1.165) is 19.5 Å². The Bertz CT molecular complexity index is 475. The van der Waals surface area contributed by atoms with Crippen LogP contribution in [-0.4, -0.2) is 53.8 Å². The van der Waals surface area contributed by atoms with Gasteiger partial charge in [0.05, 0.1) is 0 Å². The summed E-state index contributed by atoms with van der Waals surface area (Å²) >= 11 is 0. The zero-order valence-electron chi connectivity index (χ0n) is 11.8. The number of nitrogens with zero attached hydrogens (tertiary/aromatic N) is 2. The van der Waals surface area contributed by atoms with E-state index in [1.165, 1.54) is 12.5 Å². The average Bonchev–Trinajstić information content (AvgIpc) is 2.45. The molecule has 0 saturated carbocycles. The second-order valence-electron chi connectivity index (χ2n) is 5.17. The summed E-state index contributed by atoms with van der Waals surface area (Å²) < 4.78 is 0. The number of carbonyl (C=O) groups excluding carboxylic acids is 2. The summed E-state index contributed by atoms with van der Waals surface area (Å²) in [5.41, 5.74) is 6.68. The van der Waals surface area contributed by atoms with Crippen LogP contribution in [-0.2, 0) is 16.0 Å². The summed E-state index contributed by atoms with van der Waals surface area (Å²) in [7, 11) is 0. The molecule has 1 heterocycles. The number of hydrogen-bond acceptors (Lipinski definition) is 3. The maximum Gasteiger partial charge on any atom is 0.241 e. The van der Waals surface area contributed by atoms with E-state index in [2.05, 4.69) is 17.0 Å². The van der Waals surface area contributed by atoms with Gasteiger partial charge in [0.25, 0.3) is 0 Å². The molecule has 1 aliphatic heterocycles. The third kappa shape index (κ3) is 3.57. The minimum atomic E-state index is -0.503. The molecular formula is C15H21N3O2. The molecule has 1 aliphatic rings. The summed E-state index contributed by atoms with van der Waals surface area (Å²) in [5, 5.41) is 0. The van der Waals surface area contributed by atoms with Crippen molar-refractivity contribution in [2.45, 2.75) is 19.4 Å². The molecule has 0 radical (unpaired) electrons. The van der Waals surface area contributed by atoms with Crippen LogP contribution in [0.2, 0.25) is 0 Å². The molecule has 0 spiro atoms. The molecule has 0 aliphatic carbocycles. The fraction of sp³-hybridized carbons (Fsp3) is 0.467. The highest BCUT2D eigenvalue weighted by Crippen LogP contribution is 2.11. The van der Waals surface area contributed by atoms with E-state index in [0.29, 0.717) is 13.1 Å². The number of rotatable bonds is 4. The lowest BCUT2D eigenvalue weighted by molar-refractivity contribution is -0.141. The van der Waals surface area contributed by atoms with Crippen molar-refractivity contribution >= 4 is 11.8 Å². The first-order valence-corrected chi connectivity index (χ1v) is 6.90. The molecule has 0 bridgehead atoms. The van der Waals surface area contributed by atoms with Crippen LogP contribution in [0.1, 0.15) is 12.5 Å². The van der Waals surface area contributed by atoms with Crippen molar-refractivity contribution in [1.29, 1.82) is 0 Å². The molecule has 5 nitrogen and oxygen atoms in total. The fourth-order valence-electron chi connectivity index (χ4n) is 2.59. The van der Waals surface area contributed by atoms with Gasteiger partial charge in [0.2, 0.25) is 11.8 Å². The summed E-state index contributed by atoms with van der Waals surface area (Å²) in [6, 6.07) is 9.73. The van der Waals surface area contributed by atoms with Gasteiger partial charge < -0.3 is 10.6 Å². The normalized spacial score (nSPS) is 19.9. The second kappa shape index (κ2) is 6.52. The van der Waals surface area contributed by atoms with Gasteiger partial charge in [-0.2, -0.15) is 0 Å². The number of carbonyl (C=O) groups is 2. The van der Waals surface area contributed by atoms with Crippen molar-refractivity contribution < 1.29 is 9.59 Å². The van der Waals surface area contributed by atoms with Crippen LogP contribution in [0.15, 0.2) is 30.3 Å². The lowest BCUT2D eigenvalue weighted by Gasteiger charge is -2.39. The Morgan fingerprint density at radius 1 is 1.25 bits per heavy atom. The van der Waals surface area contributed by atoms with Crippen molar-refractivity contribution in [3.63, 3.8) is 0 Å². The van der Waals surface area contributed by atoms with Gasteiger partial charge in [0.1, 0.15) is 6.04 Å². The van der Waals surface area contributed by atoms with Gasteiger partial charge in [0, 0.05) is 33.1 Å². The zero-order valence-corrected chi connectivity index (χ0v) is 11.8. The average molecular weight is 275 g/mol. The number of nitrogens with two attached hydrogens (primary N) is 1. The van der Waals surface area contributed by atoms with Crippen molar-refractivity contribution in [1.82, 2.24) is 9.80 Å². The lowest BCUT2D eigenvalue weighted by atomic mass is 10.1. The SMILES string of the molecule is CC(=O)N1CCN(CCc2ccccc2)CC1C(N)=O. The lowest BCUT2D eigenvalue weighted by Crippen LogP contribution is -2.59. The molecular weight excluding hydrogens is 254 g/mol. The highest BCUT2D eigenvalue weighted by molar-refractivity contribution is 5.86. The Balaban J connectivity index is 1.92. The van der Waals surface area contributed by atoms with Gasteiger partial charge in [-0.05, 0) is 12.0 Å². The molecule has 5 heteroatoms. The Morgan fingerprint density at radius 2 is 1.95 bits per heavy atom. The fourth-order valence-corrected chi connectivity index (χ4v) is 2.59. The number of hydrogen-bond donors (Lipinski definition) is 1. The first-order valence-electron chi connectivity index (χ1n) is 6.90. The van der Waals surface area contributed by atoms with Crippen molar-refractivity contribution in [3.05, 3.63) is 35.9 Å². The Morgan fingerprint density at radius 3 is 2.55 bits per heavy atom. The van der Waals surface area contributed by atoms with Gasteiger partial charge in [-0.3, -0.25) is 14.5 Å². The quantitative estimate of drug-likeness (QED) is 0.856. The Kier molecular flexibility index (Phi) is 4.74. The molecule has 2 N–H and O–H groups in total. The van der Waals surface area contributed by atoms with Crippen LogP contribution in [0.4, 0.5) is 0 Å². The van der Waals surface area contributed by atoms with Gasteiger partial charge in [-0.1, -0.05) is 30.3 Å². The summed E-state index contributed by atoms with van der Waals surface area (Å²) in [4.78, 5) is 26.8. The maximum absolute atomic E-state index is 11.5. The molecule has 1 aromatic carbocycles. The van der Waals surface area contributed by atoms with Crippen LogP contribution in [0, 0.1) is 0 Å². The van der Waals surface area contributed by atoms with E-state index >= 15 is 0 Å². The molecule has 108 valence electrons. The van der Waals surface area contributed by atoms with Gasteiger partial charge in [-0.15, -0.1) is 0 Å². The first kappa shape index (κ1) is 14.5. The second-order valence-corrected chi connectivity index (χ2v) is 5.17. The van der Waals surface area contributed by atoms with E-state index in [1.807, 2.05) is 18.2 Å². The van der Waals surface area contributed by atoms with Crippen molar-refractivity contribution in [3.8, 4) is 0 Å². The van der Waals surface area contributed by atoms with Crippen molar-refractivity contribution in [2.24, 2.45) is 5.73 Å². The topological polar surface area (TPSA) is 66.6 Å². The van der Waals surface area contributed by atoms with E-state index in [1.54, 1.807) is 4.90 Å². The molecule has 2 amide bonds. The Hall–Kier alpha value is -1.88. The molecule has 1 unspecified atom stereocenters. The minimum absolute atomic E-state index is 0.0866. The highest BCUT2D eigenvalue weighted by atomic mass is 16.2. The van der Waals surface area contributed by atoms with Crippen LogP contribution in [0.5, 0.6) is 0 Å². The van der Waals surface area contributed by atoms with Crippen LogP contribution in [0.25, 0.3) is 0 Å². The molecule has 1 aromatic rings. The largest absolute Gasteiger partial charge is 0.368 e. The Labute approximate surface area is 119 Å². The number of piperazine rings is 1. The predicted molar refractivity (Wildman–Crippen MR) is 77.0 cm³/mol. The first-order chi connectivity index (χ1) is 9.58. The van der Waals surface area contributed by atoms with Gasteiger partial charge >= 0.3 is 0 Å². The standard InChI is InChI=1S/C15H21N3O2/c1-12(19)18-10-9-17(11-14(18)15(16)20)8-7-13-5-3-2-4-6-13/h2-6,14H,7-11H2,1H3,(H2,16,20). The number of amides is 2. The van der Waals surface area contributed by atoms with E-state index in [-0.39, 0.29) is 5.91 Å². The van der Waals surface area contributed by atoms with Gasteiger partial charge in [0.15, 0.2) is 0 Å². The third-order valence-electron chi connectivity index (χ3n) is 3.76. The van der Waals surface area contributed by atoms with E-state index < -0.39 is 11.9 Å². The summed E-state index contributed by atoms with van der Waals surface area (Å²) in [5.74, 6) is -0.513. The minimum Gasteiger partial charge on any atom is -0.368 e. The van der Waals surface area contributed by atoms with Crippen LogP contribution in [0.3, 0.4) is 0 Å². The van der Waals surface area contributed by atoms with E-state index in [9.17, 15) is 9.59 Å². The zero-order chi connectivity index (χ0) is 14.5. The van der Waals surface area contributed by atoms with E-state index in [4.69, 9.17) is 5.73 Å². The molecule has 20 heavy (non-hydrogen) atoms. The van der Waals surface area contributed by atoms with Crippen molar-refractivity contribution in [2.75, 3.05) is 26.2 Å². The number of primary amides is 1. The predicted octanol–water partition coefficient (Wildman–Crippen LogP) is 0.247. The van der Waals surface area contributed by atoms with Crippen LogP contribution < -0.4 is 5.73 Å². The maximum atomic E-state index is 11.5. The molecule has 2 rings (SSSR count). The molecule has 1 saturated heterocycles. The molecule has 1 atom stereocenters. The molecule has 0 aromatic heterocycles. The monoisotopic (exact) mass is 275 g/mol. The summed E-state index contributed by atoms with van der Waals surface area (Å²) in [6.07, 6.45) is 0.937.